The molecule has 96 valence electrons. The van der Waals surface area contributed by atoms with Crippen LogP contribution in [-0.4, -0.2) is 53.6 Å². The van der Waals surface area contributed by atoms with Crippen molar-refractivity contribution in [1.82, 2.24) is 20.0 Å². The second kappa shape index (κ2) is 6.14. The van der Waals surface area contributed by atoms with Crippen LogP contribution in [0.1, 0.15) is 12.5 Å². The van der Waals surface area contributed by atoms with Gasteiger partial charge in [-0.2, -0.15) is 5.10 Å². The summed E-state index contributed by atoms with van der Waals surface area (Å²) in [5.41, 5.74) is 1.27. The molecule has 0 aliphatic carbocycles. The monoisotopic (exact) mass is 238 g/mol. The van der Waals surface area contributed by atoms with Crippen LogP contribution in [0, 0.1) is 0 Å². The van der Waals surface area contributed by atoms with Gasteiger partial charge in [0.25, 0.3) is 0 Å². The molecule has 5 nitrogen and oxygen atoms in total. The molecule has 1 N–H and O–H groups in total. The number of likely N-dealkylation sites (N-methyl/N-ethyl adjacent to an activating group) is 1. The average molecular weight is 238 g/mol. The van der Waals surface area contributed by atoms with E-state index in [1.165, 1.54) is 5.56 Å². The number of aryl methyl sites for hydroxylation is 1. The summed E-state index contributed by atoms with van der Waals surface area (Å²) in [6.45, 7) is 7.78. The van der Waals surface area contributed by atoms with Crippen LogP contribution in [0.5, 0.6) is 0 Å². The molecule has 1 fully saturated rings. The van der Waals surface area contributed by atoms with Crippen molar-refractivity contribution < 1.29 is 4.74 Å². The molecule has 1 atom stereocenters. The van der Waals surface area contributed by atoms with E-state index in [9.17, 15) is 0 Å². The molecule has 5 heteroatoms. The van der Waals surface area contributed by atoms with Crippen LogP contribution in [0.2, 0.25) is 0 Å². The van der Waals surface area contributed by atoms with Crippen LogP contribution >= 0.6 is 0 Å². The molecule has 2 rings (SSSR count). The Hall–Kier alpha value is -0.910. The zero-order valence-electron chi connectivity index (χ0n) is 10.7. The van der Waals surface area contributed by atoms with Gasteiger partial charge in [-0.3, -0.25) is 9.58 Å². The van der Waals surface area contributed by atoms with E-state index in [1.807, 2.05) is 17.9 Å². The van der Waals surface area contributed by atoms with Gasteiger partial charge in [0.15, 0.2) is 0 Å². The molecule has 1 unspecified atom stereocenters. The van der Waals surface area contributed by atoms with Crippen LogP contribution in [-0.2, 0) is 18.3 Å². The number of morpholine rings is 1. The Kier molecular flexibility index (Phi) is 4.53. The maximum absolute atomic E-state index is 5.55. The lowest BCUT2D eigenvalue weighted by molar-refractivity contribution is -0.0107. The third kappa shape index (κ3) is 3.52. The van der Waals surface area contributed by atoms with Crippen LogP contribution in [0.15, 0.2) is 12.4 Å². The second-order valence-corrected chi connectivity index (χ2v) is 4.53. The van der Waals surface area contributed by atoms with Crippen LogP contribution in [0.4, 0.5) is 0 Å². The van der Waals surface area contributed by atoms with Gasteiger partial charge >= 0.3 is 0 Å². The minimum absolute atomic E-state index is 0.476. The first-order chi connectivity index (χ1) is 8.29. The summed E-state index contributed by atoms with van der Waals surface area (Å²) in [5, 5.41) is 7.61. The van der Waals surface area contributed by atoms with E-state index < -0.39 is 0 Å². The number of ether oxygens (including phenoxy) is 1. The van der Waals surface area contributed by atoms with E-state index in [4.69, 9.17) is 4.74 Å². The van der Waals surface area contributed by atoms with Crippen molar-refractivity contribution in [3.05, 3.63) is 18.0 Å². The SMILES string of the molecule is CCNCC1COCCN1Cc1cnn(C)c1. The topological polar surface area (TPSA) is 42.3 Å². The molecule has 0 bridgehead atoms. The van der Waals surface area contributed by atoms with Crippen LogP contribution in [0.25, 0.3) is 0 Å². The molecule has 0 amide bonds. The first kappa shape index (κ1) is 12.5. The number of hydrogen-bond acceptors (Lipinski definition) is 4. The van der Waals surface area contributed by atoms with Gasteiger partial charge in [0.05, 0.1) is 19.4 Å². The van der Waals surface area contributed by atoms with Crippen LogP contribution < -0.4 is 5.32 Å². The molecular formula is C12H22N4O. The Morgan fingerprint density at radius 2 is 2.47 bits per heavy atom. The minimum atomic E-state index is 0.476. The van der Waals surface area contributed by atoms with Gasteiger partial charge in [0, 0.05) is 44.5 Å². The summed E-state index contributed by atoms with van der Waals surface area (Å²) < 4.78 is 7.41. The molecule has 0 spiro atoms. The van der Waals surface area contributed by atoms with Crippen molar-refractivity contribution in [3.63, 3.8) is 0 Å². The zero-order valence-corrected chi connectivity index (χ0v) is 10.7. The van der Waals surface area contributed by atoms with E-state index in [-0.39, 0.29) is 0 Å². The van der Waals surface area contributed by atoms with Crippen LogP contribution in [0.3, 0.4) is 0 Å². The van der Waals surface area contributed by atoms with E-state index in [0.717, 1.165) is 39.4 Å². The van der Waals surface area contributed by atoms with E-state index in [0.29, 0.717) is 6.04 Å². The fourth-order valence-electron chi connectivity index (χ4n) is 2.18. The predicted octanol–water partition coefficient (Wildman–Crippen LogP) is 0.230. The van der Waals surface area contributed by atoms with Crippen molar-refractivity contribution in [2.45, 2.75) is 19.5 Å². The molecule has 2 heterocycles. The van der Waals surface area contributed by atoms with E-state index in [1.54, 1.807) is 0 Å². The number of rotatable bonds is 5. The quantitative estimate of drug-likeness (QED) is 0.797. The Balaban J connectivity index is 1.91. The first-order valence-corrected chi connectivity index (χ1v) is 6.29. The zero-order chi connectivity index (χ0) is 12.1. The summed E-state index contributed by atoms with van der Waals surface area (Å²) in [6.07, 6.45) is 4.03. The summed E-state index contributed by atoms with van der Waals surface area (Å²) in [5.74, 6) is 0. The maximum Gasteiger partial charge on any atom is 0.0635 e. The highest BCUT2D eigenvalue weighted by molar-refractivity contribution is 5.04. The Bertz CT molecular complexity index is 339. The van der Waals surface area contributed by atoms with Crippen molar-refractivity contribution in [1.29, 1.82) is 0 Å². The number of nitrogens with zero attached hydrogens (tertiary/aromatic N) is 3. The second-order valence-electron chi connectivity index (χ2n) is 4.53. The number of aromatic nitrogens is 2. The van der Waals surface area contributed by atoms with Gasteiger partial charge in [0.2, 0.25) is 0 Å². The van der Waals surface area contributed by atoms with Gasteiger partial charge in [-0.25, -0.2) is 0 Å². The van der Waals surface area contributed by atoms with E-state index >= 15 is 0 Å². The van der Waals surface area contributed by atoms with Gasteiger partial charge in [-0.15, -0.1) is 0 Å². The molecule has 1 aliphatic heterocycles. The number of nitrogens with one attached hydrogen (secondary N) is 1. The van der Waals surface area contributed by atoms with Gasteiger partial charge < -0.3 is 10.1 Å². The van der Waals surface area contributed by atoms with E-state index in [2.05, 4.69) is 28.4 Å². The normalized spacial score (nSPS) is 21.9. The van der Waals surface area contributed by atoms with Crippen molar-refractivity contribution in [2.24, 2.45) is 7.05 Å². The lowest BCUT2D eigenvalue weighted by Gasteiger charge is -2.35. The maximum atomic E-state index is 5.55. The summed E-state index contributed by atoms with van der Waals surface area (Å²) >= 11 is 0. The molecule has 0 aromatic carbocycles. The smallest absolute Gasteiger partial charge is 0.0635 e. The van der Waals surface area contributed by atoms with Gasteiger partial charge in [0.1, 0.15) is 0 Å². The molecule has 0 saturated carbocycles. The summed E-state index contributed by atoms with van der Waals surface area (Å²) in [4.78, 5) is 2.48. The third-order valence-corrected chi connectivity index (χ3v) is 3.12. The highest BCUT2D eigenvalue weighted by Gasteiger charge is 2.22. The van der Waals surface area contributed by atoms with Crippen molar-refractivity contribution in [3.8, 4) is 0 Å². The Morgan fingerprint density at radius 3 is 3.18 bits per heavy atom. The molecule has 1 aromatic heterocycles. The minimum Gasteiger partial charge on any atom is -0.378 e. The third-order valence-electron chi connectivity index (χ3n) is 3.12. The summed E-state index contributed by atoms with van der Waals surface area (Å²) in [7, 11) is 1.96. The predicted molar refractivity (Wildman–Crippen MR) is 66.8 cm³/mol. The largest absolute Gasteiger partial charge is 0.378 e. The van der Waals surface area contributed by atoms with Gasteiger partial charge in [-0.05, 0) is 6.54 Å². The molecule has 0 radical (unpaired) electrons. The highest BCUT2D eigenvalue weighted by Crippen LogP contribution is 2.11. The average Bonchev–Trinajstić information content (AvgIpc) is 2.74. The number of hydrogen-bond donors (Lipinski definition) is 1. The van der Waals surface area contributed by atoms with Crippen molar-refractivity contribution >= 4 is 0 Å². The highest BCUT2D eigenvalue weighted by atomic mass is 16.5. The first-order valence-electron chi connectivity index (χ1n) is 6.29. The molecular weight excluding hydrogens is 216 g/mol. The standard InChI is InChI=1S/C12H22N4O/c1-3-13-7-12-10-17-5-4-16(12)9-11-6-14-15(2)8-11/h6,8,12-13H,3-5,7,9-10H2,1-2H3. The van der Waals surface area contributed by atoms with Crippen molar-refractivity contribution in [2.75, 3.05) is 32.8 Å². The molecule has 17 heavy (non-hydrogen) atoms. The molecule has 1 aromatic rings. The molecule has 1 saturated heterocycles. The summed E-state index contributed by atoms with van der Waals surface area (Å²) in [6, 6.07) is 0.476. The molecule has 1 aliphatic rings. The lowest BCUT2D eigenvalue weighted by atomic mass is 10.2. The van der Waals surface area contributed by atoms with Gasteiger partial charge in [-0.1, -0.05) is 6.92 Å². The fraction of sp³-hybridized carbons (Fsp3) is 0.750. The Labute approximate surface area is 103 Å². The lowest BCUT2D eigenvalue weighted by Crippen LogP contribution is -2.49. The fourth-order valence-corrected chi connectivity index (χ4v) is 2.18. The Morgan fingerprint density at radius 1 is 1.59 bits per heavy atom.